The molecule has 3 amide bonds. The van der Waals surface area contributed by atoms with Gasteiger partial charge in [0.25, 0.3) is 5.91 Å². The van der Waals surface area contributed by atoms with E-state index >= 15 is 0 Å². The topological polar surface area (TPSA) is 86.7 Å². The van der Waals surface area contributed by atoms with E-state index in [1.807, 2.05) is 0 Å². The summed E-state index contributed by atoms with van der Waals surface area (Å²) in [7, 11) is 0. The zero-order valence-electron chi connectivity index (χ0n) is 15.8. The summed E-state index contributed by atoms with van der Waals surface area (Å²) in [6, 6.07) is 10.8. The minimum atomic E-state index is -4.62. The maximum Gasteiger partial charge on any atom is 0.416 e. The zero-order valence-corrected chi connectivity index (χ0v) is 15.8. The summed E-state index contributed by atoms with van der Waals surface area (Å²) < 4.78 is 39.2. The number of alkyl halides is 3. The number of rotatable bonds is 6. The number of aliphatic hydroxyl groups is 1. The number of hydrogen-bond acceptors (Lipinski definition) is 4. The van der Waals surface area contributed by atoms with E-state index < -0.39 is 30.3 Å². The molecule has 1 unspecified atom stereocenters. The Hall–Kier alpha value is -3.20. The Morgan fingerprint density at radius 2 is 1.63 bits per heavy atom. The van der Waals surface area contributed by atoms with Crippen LogP contribution in [0.5, 0.6) is 0 Å². The van der Waals surface area contributed by atoms with Crippen LogP contribution in [0.3, 0.4) is 0 Å². The van der Waals surface area contributed by atoms with Gasteiger partial charge in [0.1, 0.15) is 0 Å². The van der Waals surface area contributed by atoms with Crippen LogP contribution in [-0.4, -0.2) is 34.3 Å². The minimum Gasteiger partial charge on any atom is -0.387 e. The van der Waals surface area contributed by atoms with Crippen molar-refractivity contribution in [2.75, 3.05) is 6.54 Å². The third-order valence-corrected chi connectivity index (χ3v) is 4.79. The second-order valence-corrected chi connectivity index (χ2v) is 6.88. The Labute approximate surface area is 170 Å². The molecule has 30 heavy (non-hydrogen) atoms. The third-order valence-electron chi connectivity index (χ3n) is 4.79. The molecule has 2 aromatic carbocycles. The number of benzene rings is 2. The Bertz CT molecular complexity index is 941. The van der Waals surface area contributed by atoms with Crippen LogP contribution in [0, 0.1) is 0 Å². The number of imide groups is 1. The molecule has 0 saturated carbocycles. The molecule has 0 bridgehead atoms. The molecular weight excluding hydrogens is 401 g/mol. The molecule has 3 rings (SSSR count). The van der Waals surface area contributed by atoms with Gasteiger partial charge < -0.3 is 10.4 Å². The molecule has 6 nitrogen and oxygen atoms in total. The van der Waals surface area contributed by atoms with Gasteiger partial charge in [-0.1, -0.05) is 30.3 Å². The highest BCUT2D eigenvalue weighted by Crippen LogP contribution is 2.34. The molecule has 0 aliphatic carbocycles. The molecule has 1 saturated heterocycles. The molecule has 1 atom stereocenters. The predicted molar refractivity (Wildman–Crippen MR) is 100.0 cm³/mol. The van der Waals surface area contributed by atoms with E-state index in [0.29, 0.717) is 5.56 Å². The lowest BCUT2D eigenvalue weighted by atomic mass is 10.0. The van der Waals surface area contributed by atoms with E-state index in [9.17, 15) is 32.7 Å². The number of carbonyl (C=O) groups is 3. The van der Waals surface area contributed by atoms with Crippen molar-refractivity contribution in [3.63, 3.8) is 0 Å². The number of likely N-dealkylation sites (tertiary alicyclic amines) is 1. The average molecular weight is 420 g/mol. The third kappa shape index (κ3) is 4.85. The molecule has 158 valence electrons. The molecule has 1 aliphatic rings. The summed E-state index contributed by atoms with van der Waals surface area (Å²) in [5.41, 5.74) is -0.383. The van der Waals surface area contributed by atoms with Crippen molar-refractivity contribution in [1.29, 1.82) is 0 Å². The molecule has 1 aliphatic heterocycles. The van der Waals surface area contributed by atoms with Gasteiger partial charge in [0, 0.05) is 24.9 Å². The monoisotopic (exact) mass is 420 g/mol. The molecule has 2 aromatic rings. The van der Waals surface area contributed by atoms with Crippen LogP contribution in [-0.2, 0) is 22.3 Å². The molecule has 1 fully saturated rings. The fraction of sp³-hybridized carbons (Fsp3) is 0.286. The van der Waals surface area contributed by atoms with Crippen LogP contribution in [0.2, 0.25) is 0 Å². The number of amides is 3. The molecular formula is C21H19F3N2O4. The first-order valence-electron chi connectivity index (χ1n) is 9.21. The van der Waals surface area contributed by atoms with Crippen LogP contribution in [0.15, 0.2) is 48.5 Å². The van der Waals surface area contributed by atoms with Crippen LogP contribution >= 0.6 is 0 Å². The lowest BCUT2D eigenvalue weighted by Crippen LogP contribution is -2.29. The fourth-order valence-corrected chi connectivity index (χ4v) is 3.19. The van der Waals surface area contributed by atoms with Crippen molar-refractivity contribution in [2.45, 2.75) is 31.7 Å². The van der Waals surface area contributed by atoms with E-state index in [1.165, 1.54) is 24.3 Å². The van der Waals surface area contributed by atoms with E-state index in [1.54, 1.807) is 12.1 Å². The van der Waals surface area contributed by atoms with Crippen LogP contribution in [0.1, 0.15) is 46.0 Å². The Morgan fingerprint density at radius 1 is 1.03 bits per heavy atom. The minimum absolute atomic E-state index is 0.118. The largest absolute Gasteiger partial charge is 0.416 e. The molecule has 0 aromatic heterocycles. The maximum absolute atomic E-state index is 13.1. The number of halogens is 3. The average Bonchev–Trinajstić information content (AvgIpc) is 3.03. The first-order valence-corrected chi connectivity index (χ1v) is 9.21. The lowest BCUT2D eigenvalue weighted by molar-refractivity contribution is -0.140. The number of hydrogen-bond donors (Lipinski definition) is 2. The molecule has 0 spiro atoms. The van der Waals surface area contributed by atoms with Gasteiger partial charge in [0.2, 0.25) is 11.8 Å². The standard InChI is InChI=1S/C21H19F3N2O4/c22-21(23,24)16-4-2-1-3-15(16)17(27)11-25-20(30)14-7-5-13(6-8-14)12-26-18(28)9-10-19(26)29/h1-8,17,27H,9-12H2,(H,25,30). The summed E-state index contributed by atoms with van der Waals surface area (Å²) in [4.78, 5) is 36.7. The molecule has 9 heteroatoms. The van der Waals surface area contributed by atoms with Gasteiger partial charge in [-0.25, -0.2) is 0 Å². The number of aliphatic hydroxyl groups excluding tert-OH is 1. The van der Waals surface area contributed by atoms with Crippen molar-refractivity contribution >= 4 is 17.7 Å². The number of nitrogens with one attached hydrogen (secondary N) is 1. The van der Waals surface area contributed by atoms with Crippen molar-refractivity contribution in [2.24, 2.45) is 0 Å². The van der Waals surface area contributed by atoms with Crippen LogP contribution < -0.4 is 5.32 Å². The number of carbonyl (C=O) groups excluding carboxylic acids is 3. The first-order chi connectivity index (χ1) is 14.2. The van der Waals surface area contributed by atoms with Gasteiger partial charge in [-0.15, -0.1) is 0 Å². The van der Waals surface area contributed by atoms with Crippen LogP contribution in [0.4, 0.5) is 13.2 Å². The molecule has 0 radical (unpaired) electrons. The summed E-state index contributed by atoms with van der Waals surface area (Å²) in [6.07, 6.45) is -5.76. The summed E-state index contributed by atoms with van der Waals surface area (Å²) in [5.74, 6) is -1.05. The Kier molecular flexibility index (Phi) is 6.21. The molecule has 2 N–H and O–H groups in total. The summed E-state index contributed by atoms with van der Waals surface area (Å²) >= 11 is 0. The van der Waals surface area contributed by atoms with Crippen molar-refractivity contribution in [1.82, 2.24) is 10.2 Å². The van der Waals surface area contributed by atoms with Gasteiger partial charge in [-0.3, -0.25) is 19.3 Å². The maximum atomic E-state index is 13.1. The van der Waals surface area contributed by atoms with Gasteiger partial charge in [-0.05, 0) is 29.3 Å². The lowest BCUT2D eigenvalue weighted by Gasteiger charge is -2.18. The highest BCUT2D eigenvalue weighted by atomic mass is 19.4. The summed E-state index contributed by atoms with van der Waals surface area (Å²) in [5, 5.41) is 12.5. The summed E-state index contributed by atoms with van der Waals surface area (Å²) in [6.45, 7) is -0.281. The quantitative estimate of drug-likeness (QED) is 0.704. The van der Waals surface area contributed by atoms with E-state index in [0.717, 1.165) is 17.0 Å². The first kappa shape index (κ1) is 21.5. The van der Waals surface area contributed by atoms with E-state index in [-0.39, 0.29) is 42.3 Å². The van der Waals surface area contributed by atoms with Crippen molar-refractivity contribution in [3.8, 4) is 0 Å². The molecule has 1 heterocycles. The Morgan fingerprint density at radius 3 is 2.23 bits per heavy atom. The van der Waals surface area contributed by atoms with E-state index in [4.69, 9.17) is 0 Å². The zero-order chi connectivity index (χ0) is 21.9. The van der Waals surface area contributed by atoms with E-state index in [2.05, 4.69) is 5.32 Å². The van der Waals surface area contributed by atoms with Gasteiger partial charge >= 0.3 is 6.18 Å². The fourth-order valence-electron chi connectivity index (χ4n) is 3.19. The smallest absolute Gasteiger partial charge is 0.387 e. The van der Waals surface area contributed by atoms with Gasteiger partial charge in [-0.2, -0.15) is 13.2 Å². The highest BCUT2D eigenvalue weighted by Gasteiger charge is 2.34. The van der Waals surface area contributed by atoms with Crippen molar-refractivity contribution in [3.05, 3.63) is 70.8 Å². The van der Waals surface area contributed by atoms with Gasteiger partial charge in [0.05, 0.1) is 18.2 Å². The second kappa shape index (κ2) is 8.66. The van der Waals surface area contributed by atoms with Crippen LogP contribution in [0.25, 0.3) is 0 Å². The normalized spacial score (nSPS) is 15.4. The number of nitrogens with zero attached hydrogens (tertiary/aromatic N) is 1. The highest BCUT2D eigenvalue weighted by molar-refractivity contribution is 6.01. The van der Waals surface area contributed by atoms with Gasteiger partial charge in [0.15, 0.2) is 0 Å². The predicted octanol–water partition coefficient (Wildman–Crippen LogP) is 2.82. The van der Waals surface area contributed by atoms with Crippen molar-refractivity contribution < 1.29 is 32.7 Å². The second-order valence-electron chi connectivity index (χ2n) is 6.88. The Balaban J connectivity index is 1.60. The SMILES string of the molecule is O=C(NCC(O)c1ccccc1C(F)(F)F)c1ccc(CN2C(=O)CCC2=O)cc1.